The van der Waals surface area contributed by atoms with Gasteiger partial charge in [0, 0.05) is 6.04 Å². The standard InChI is InChI=1S/C13H14N2O2S/c1-8-2-5-10-11(6-8)15(9-3-4-9)13(14-10)18-7-12(16)17/h2,5-6,9H,3-4,7H2,1H3,(H,16,17). The maximum Gasteiger partial charge on any atom is 0.313 e. The summed E-state index contributed by atoms with van der Waals surface area (Å²) in [5.41, 5.74) is 3.30. The first-order chi connectivity index (χ1) is 8.65. The van der Waals surface area contributed by atoms with Crippen LogP contribution in [0.3, 0.4) is 0 Å². The minimum absolute atomic E-state index is 0.0645. The summed E-state index contributed by atoms with van der Waals surface area (Å²) in [6.45, 7) is 2.06. The Morgan fingerprint density at radius 2 is 2.33 bits per heavy atom. The SMILES string of the molecule is Cc1ccc2nc(SCC(=O)O)n(C3CC3)c2c1. The van der Waals surface area contributed by atoms with Crippen molar-refractivity contribution in [3.63, 3.8) is 0 Å². The highest BCUT2D eigenvalue weighted by Gasteiger charge is 2.28. The number of carboxylic acids is 1. The van der Waals surface area contributed by atoms with Gasteiger partial charge in [-0.3, -0.25) is 4.79 Å². The van der Waals surface area contributed by atoms with E-state index >= 15 is 0 Å². The van der Waals surface area contributed by atoms with Crippen LogP contribution in [0.4, 0.5) is 0 Å². The second-order valence-electron chi connectivity index (χ2n) is 4.67. The summed E-state index contributed by atoms with van der Waals surface area (Å²) < 4.78 is 2.20. The Morgan fingerprint density at radius 1 is 1.56 bits per heavy atom. The lowest BCUT2D eigenvalue weighted by Crippen LogP contribution is -2.01. The molecule has 0 bridgehead atoms. The molecule has 1 aliphatic carbocycles. The molecule has 1 heterocycles. The van der Waals surface area contributed by atoms with Crippen LogP contribution in [-0.4, -0.2) is 26.4 Å². The van der Waals surface area contributed by atoms with Crippen LogP contribution in [0.5, 0.6) is 0 Å². The molecule has 0 radical (unpaired) electrons. The van der Waals surface area contributed by atoms with Gasteiger partial charge >= 0.3 is 5.97 Å². The van der Waals surface area contributed by atoms with E-state index in [2.05, 4.69) is 22.5 Å². The summed E-state index contributed by atoms with van der Waals surface area (Å²) in [6, 6.07) is 6.69. The first-order valence-corrected chi connectivity index (χ1v) is 6.97. The van der Waals surface area contributed by atoms with Crippen molar-refractivity contribution in [1.82, 2.24) is 9.55 Å². The van der Waals surface area contributed by atoms with Gasteiger partial charge in [0.15, 0.2) is 5.16 Å². The molecule has 94 valence electrons. The second kappa shape index (κ2) is 4.31. The molecule has 18 heavy (non-hydrogen) atoms. The molecule has 2 aromatic rings. The summed E-state index contributed by atoms with van der Waals surface area (Å²) in [4.78, 5) is 15.2. The van der Waals surface area contributed by atoms with E-state index in [1.807, 2.05) is 12.1 Å². The molecular weight excluding hydrogens is 248 g/mol. The van der Waals surface area contributed by atoms with Crippen LogP contribution < -0.4 is 0 Å². The van der Waals surface area contributed by atoms with E-state index in [1.54, 1.807) is 0 Å². The molecule has 4 nitrogen and oxygen atoms in total. The Bertz CT molecular complexity index is 617. The molecule has 1 fully saturated rings. The molecule has 0 amide bonds. The fourth-order valence-electron chi connectivity index (χ4n) is 2.09. The third-order valence-corrected chi connectivity index (χ3v) is 3.99. The molecule has 1 aromatic heterocycles. The van der Waals surface area contributed by atoms with Crippen LogP contribution in [-0.2, 0) is 4.79 Å². The van der Waals surface area contributed by atoms with Crippen molar-refractivity contribution in [2.45, 2.75) is 31.0 Å². The number of nitrogens with zero attached hydrogens (tertiary/aromatic N) is 2. The number of thioether (sulfide) groups is 1. The van der Waals surface area contributed by atoms with Crippen molar-refractivity contribution in [1.29, 1.82) is 0 Å². The lowest BCUT2D eigenvalue weighted by Gasteiger charge is -2.06. The molecule has 0 atom stereocenters. The van der Waals surface area contributed by atoms with Crippen molar-refractivity contribution >= 4 is 28.8 Å². The molecule has 5 heteroatoms. The highest BCUT2D eigenvalue weighted by Crippen LogP contribution is 2.41. The zero-order valence-electron chi connectivity index (χ0n) is 10.1. The highest BCUT2D eigenvalue weighted by atomic mass is 32.2. The summed E-state index contributed by atoms with van der Waals surface area (Å²) in [7, 11) is 0. The number of benzene rings is 1. The number of hydrogen-bond donors (Lipinski definition) is 1. The number of carboxylic acid groups (broad SMARTS) is 1. The molecule has 0 aliphatic heterocycles. The molecule has 1 saturated carbocycles. The van der Waals surface area contributed by atoms with E-state index in [0.717, 1.165) is 16.2 Å². The Hall–Kier alpha value is -1.49. The van der Waals surface area contributed by atoms with Gasteiger partial charge in [0.1, 0.15) is 0 Å². The number of rotatable bonds is 4. The second-order valence-corrected chi connectivity index (χ2v) is 5.61. The Kier molecular flexibility index (Phi) is 2.78. The van der Waals surface area contributed by atoms with Gasteiger partial charge in [0.05, 0.1) is 16.8 Å². The minimum Gasteiger partial charge on any atom is -0.481 e. The highest BCUT2D eigenvalue weighted by molar-refractivity contribution is 7.99. The number of aryl methyl sites for hydroxylation is 1. The normalized spacial score (nSPS) is 15.2. The molecule has 1 aromatic carbocycles. The fraction of sp³-hybridized carbons (Fsp3) is 0.385. The van der Waals surface area contributed by atoms with E-state index in [1.165, 1.54) is 30.2 Å². The Morgan fingerprint density at radius 3 is 3.00 bits per heavy atom. The summed E-state index contributed by atoms with van der Waals surface area (Å²) in [5.74, 6) is -0.736. The molecule has 0 unspecified atom stereocenters. The van der Waals surface area contributed by atoms with Crippen LogP contribution in [0.1, 0.15) is 24.4 Å². The first-order valence-electron chi connectivity index (χ1n) is 5.98. The number of aromatic nitrogens is 2. The molecule has 1 aliphatic rings. The summed E-state index contributed by atoms with van der Waals surface area (Å²) >= 11 is 1.31. The van der Waals surface area contributed by atoms with Gasteiger partial charge in [0.2, 0.25) is 0 Å². The maximum atomic E-state index is 10.7. The monoisotopic (exact) mass is 262 g/mol. The van der Waals surface area contributed by atoms with Crippen molar-refractivity contribution in [3.8, 4) is 0 Å². The van der Waals surface area contributed by atoms with Crippen molar-refractivity contribution in [2.75, 3.05) is 5.75 Å². The zero-order chi connectivity index (χ0) is 12.7. The third kappa shape index (κ3) is 2.10. The van der Waals surface area contributed by atoms with Crippen molar-refractivity contribution < 1.29 is 9.90 Å². The number of hydrogen-bond acceptors (Lipinski definition) is 3. The molecule has 3 rings (SSSR count). The van der Waals surface area contributed by atoms with E-state index in [-0.39, 0.29) is 5.75 Å². The zero-order valence-corrected chi connectivity index (χ0v) is 10.9. The van der Waals surface area contributed by atoms with Crippen LogP contribution in [0.15, 0.2) is 23.4 Å². The van der Waals surface area contributed by atoms with Crippen molar-refractivity contribution in [3.05, 3.63) is 23.8 Å². The average molecular weight is 262 g/mol. The first kappa shape index (κ1) is 11.6. The van der Waals surface area contributed by atoms with Gasteiger partial charge in [0.25, 0.3) is 0 Å². The van der Waals surface area contributed by atoms with Gasteiger partial charge in [-0.15, -0.1) is 0 Å². The van der Waals surface area contributed by atoms with Gasteiger partial charge in [-0.05, 0) is 37.5 Å². The lowest BCUT2D eigenvalue weighted by molar-refractivity contribution is -0.133. The average Bonchev–Trinajstić information content (AvgIpc) is 3.08. The number of carbonyl (C=O) groups is 1. The predicted molar refractivity (Wildman–Crippen MR) is 71.1 cm³/mol. The maximum absolute atomic E-state index is 10.7. The van der Waals surface area contributed by atoms with Crippen LogP contribution >= 0.6 is 11.8 Å². The van der Waals surface area contributed by atoms with Crippen molar-refractivity contribution in [2.24, 2.45) is 0 Å². The Labute approximate surface area is 109 Å². The van der Waals surface area contributed by atoms with E-state index in [0.29, 0.717) is 6.04 Å². The minimum atomic E-state index is -0.800. The molecule has 1 N–H and O–H groups in total. The number of aliphatic carboxylic acids is 1. The van der Waals surface area contributed by atoms with Gasteiger partial charge in [-0.2, -0.15) is 0 Å². The van der Waals surface area contributed by atoms with Crippen LogP contribution in [0, 0.1) is 6.92 Å². The third-order valence-electron chi connectivity index (χ3n) is 3.05. The molecule has 0 saturated heterocycles. The predicted octanol–water partition coefficient (Wildman–Crippen LogP) is 2.86. The largest absolute Gasteiger partial charge is 0.481 e. The molecular formula is C13H14N2O2S. The van der Waals surface area contributed by atoms with E-state index < -0.39 is 5.97 Å². The van der Waals surface area contributed by atoms with Gasteiger partial charge in [-0.25, -0.2) is 4.98 Å². The summed E-state index contributed by atoms with van der Waals surface area (Å²) in [5, 5.41) is 9.61. The smallest absolute Gasteiger partial charge is 0.313 e. The van der Waals surface area contributed by atoms with Gasteiger partial charge in [-0.1, -0.05) is 17.8 Å². The van der Waals surface area contributed by atoms with E-state index in [9.17, 15) is 4.79 Å². The Balaban J connectivity index is 2.06. The topological polar surface area (TPSA) is 55.1 Å². The molecule has 0 spiro atoms. The van der Waals surface area contributed by atoms with Gasteiger partial charge < -0.3 is 9.67 Å². The lowest BCUT2D eigenvalue weighted by atomic mass is 10.2. The van der Waals surface area contributed by atoms with E-state index in [4.69, 9.17) is 5.11 Å². The quantitative estimate of drug-likeness (QED) is 0.861. The van der Waals surface area contributed by atoms with Crippen LogP contribution in [0.2, 0.25) is 0 Å². The summed E-state index contributed by atoms with van der Waals surface area (Å²) in [6.07, 6.45) is 2.33. The number of imidazole rings is 1. The van der Waals surface area contributed by atoms with Crippen LogP contribution in [0.25, 0.3) is 11.0 Å². The number of fused-ring (bicyclic) bond motifs is 1. The fourth-order valence-corrected chi connectivity index (χ4v) is 2.90.